The fraction of sp³-hybridized carbons (Fsp3) is 0.231. The molecule has 1 aromatic carbocycles. The first kappa shape index (κ1) is 14.6. The van der Waals surface area contributed by atoms with Gasteiger partial charge in [0.05, 0.1) is 16.1 Å². The van der Waals surface area contributed by atoms with E-state index in [2.05, 4.69) is 11.8 Å². The molecule has 0 amide bonds. The predicted octanol–water partition coefficient (Wildman–Crippen LogP) is 3.06. The van der Waals surface area contributed by atoms with Crippen LogP contribution in [0.1, 0.15) is 29.3 Å². The molecular weight excluding hydrogens is 272 g/mol. The largest absolute Gasteiger partial charge is 0.478 e. The SMILES string of the molecule is CC(=O)SCCC#Cc1c(Cl)cccc1C(=O)O. The zero-order chi connectivity index (χ0) is 13.5. The lowest BCUT2D eigenvalue weighted by molar-refractivity contribution is -0.109. The molecule has 1 N–H and O–H groups in total. The van der Waals surface area contributed by atoms with E-state index in [0.29, 0.717) is 22.8 Å². The highest BCUT2D eigenvalue weighted by Crippen LogP contribution is 2.19. The third-order valence-corrected chi connectivity index (χ3v) is 3.12. The van der Waals surface area contributed by atoms with Crippen LogP contribution in [0.15, 0.2) is 18.2 Å². The molecule has 5 heteroatoms. The predicted molar refractivity (Wildman–Crippen MR) is 73.0 cm³/mol. The molecule has 0 unspecified atom stereocenters. The van der Waals surface area contributed by atoms with Crippen LogP contribution in [0.5, 0.6) is 0 Å². The standard InChI is InChI=1S/C13H11ClO3S/c1-9(15)18-8-3-2-5-10-11(13(16)17)6-4-7-12(10)14/h4,6-7H,3,8H2,1H3,(H,16,17). The minimum Gasteiger partial charge on any atom is -0.478 e. The maximum atomic E-state index is 11.0. The van der Waals surface area contributed by atoms with Crippen LogP contribution in [0.2, 0.25) is 5.02 Å². The summed E-state index contributed by atoms with van der Waals surface area (Å²) in [6.07, 6.45) is 0.508. The third-order valence-electron chi connectivity index (χ3n) is 1.99. The summed E-state index contributed by atoms with van der Waals surface area (Å²) in [5.41, 5.74) is 0.411. The van der Waals surface area contributed by atoms with Crippen molar-refractivity contribution in [1.82, 2.24) is 0 Å². The number of carboxylic acid groups (broad SMARTS) is 1. The molecule has 0 fully saturated rings. The molecule has 0 aliphatic heterocycles. The van der Waals surface area contributed by atoms with Crippen LogP contribution in [0.4, 0.5) is 0 Å². The molecule has 0 aliphatic rings. The number of carbonyl (C=O) groups is 2. The van der Waals surface area contributed by atoms with E-state index >= 15 is 0 Å². The number of thioether (sulfide) groups is 1. The monoisotopic (exact) mass is 282 g/mol. The summed E-state index contributed by atoms with van der Waals surface area (Å²) in [4.78, 5) is 21.7. The van der Waals surface area contributed by atoms with Crippen LogP contribution in [0.25, 0.3) is 0 Å². The van der Waals surface area contributed by atoms with Gasteiger partial charge in [-0.2, -0.15) is 0 Å². The zero-order valence-electron chi connectivity index (χ0n) is 9.70. The summed E-state index contributed by atoms with van der Waals surface area (Å²) in [6.45, 7) is 1.49. The van der Waals surface area contributed by atoms with E-state index in [1.54, 1.807) is 12.1 Å². The van der Waals surface area contributed by atoms with Crippen molar-refractivity contribution < 1.29 is 14.7 Å². The van der Waals surface area contributed by atoms with Gasteiger partial charge >= 0.3 is 5.97 Å². The van der Waals surface area contributed by atoms with Gasteiger partial charge in [-0.05, 0) is 12.1 Å². The Morgan fingerprint density at radius 2 is 2.17 bits per heavy atom. The van der Waals surface area contributed by atoms with Gasteiger partial charge < -0.3 is 5.11 Å². The van der Waals surface area contributed by atoms with Crippen molar-refractivity contribution in [2.45, 2.75) is 13.3 Å². The highest BCUT2D eigenvalue weighted by molar-refractivity contribution is 8.13. The van der Waals surface area contributed by atoms with Gasteiger partial charge in [0.2, 0.25) is 0 Å². The van der Waals surface area contributed by atoms with Crippen molar-refractivity contribution in [3.05, 3.63) is 34.3 Å². The second kappa shape index (κ2) is 7.10. The molecular formula is C13H11ClO3S. The molecule has 0 radical (unpaired) electrons. The maximum Gasteiger partial charge on any atom is 0.337 e. The first-order chi connectivity index (χ1) is 8.52. The highest BCUT2D eigenvalue weighted by atomic mass is 35.5. The Labute approximate surface area is 115 Å². The van der Waals surface area contributed by atoms with Gasteiger partial charge in [0.25, 0.3) is 0 Å². The molecule has 0 atom stereocenters. The van der Waals surface area contributed by atoms with Crippen molar-refractivity contribution in [3.63, 3.8) is 0 Å². The molecule has 18 heavy (non-hydrogen) atoms. The number of rotatable bonds is 3. The van der Waals surface area contributed by atoms with Crippen LogP contribution in [0, 0.1) is 11.8 Å². The Bertz CT molecular complexity index is 529. The smallest absolute Gasteiger partial charge is 0.337 e. The minimum absolute atomic E-state index is 0.0424. The van der Waals surface area contributed by atoms with E-state index in [9.17, 15) is 9.59 Å². The average Bonchev–Trinajstić information content (AvgIpc) is 2.29. The Morgan fingerprint density at radius 1 is 1.44 bits per heavy atom. The Balaban J connectivity index is 2.81. The van der Waals surface area contributed by atoms with Crippen LogP contribution in [-0.2, 0) is 4.79 Å². The molecule has 0 heterocycles. The summed E-state index contributed by atoms with van der Waals surface area (Å²) in [5.74, 6) is 5.11. The minimum atomic E-state index is -1.06. The summed E-state index contributed by atoms with van der Waals surface area (Å²) >= 11 is 7.10. The first-order valence-corrected chi connectivity index (χ1v) is 6.52. The Morgan fingerprint density at radius 3 is 2.78 bits per heavy atom. The lowest BCUT2D eigenvalue weighted by Gasteiger charge is -2.00. The number of carbonyl (C=O) groups excluding carboxylic acids is 1. The number of aromatic carboxylic acids is 1. The number of benzene rings is 1. The second-order valence-corrected chi connectivity index (χ2v) is 5.04. The lowest BCUT2D eigenvalue weighted by Crippen LogP contribution is -2.00. The topological polar surface area (TPSA) is 54.4 Å². The average molecular weight is 283 g/mol. The van der Waals surface area contributed by atoms with Gasteiger partial charge in [-0.15, -0.1) is 0 Å². The highest BCUT2D eigenvalue weighted by Gasteiger charge is 2.10. The van der Waals surface area contributed by atoms with Crippen LogP contribution >= 0.6 is 23.4 Å². The van der Waals surface area contributed by atoms with Gasteiger partial charge in [-0.1, -0.05) is 41.3 Å². The molecule has 0 bridgehead atoms. The van der Waals surface area contributed by atoms with Crippen molar-refractivity contribution in [2.24, 2.45) is 0 Å². The molecule has 1 rings (SSSR count). The van der Waals surface area contributed by atoms with Crippen LogP contribution in [-0.4, -0.2) is 21.9 Å². The summed E-state index contributed by atoms with van der Waals surface area (Å²) < 4.78 is 0. The van der Waals surface area contributed by atoms with E-state index < -0.39 is 5.97 Å². The molecule has 0 aromatic heterocycles. The number of hydrogen-bond donors (Lipinski definition) is 1. The van der Waals surface area contributed by atoms with E-state index in [-0.39, 0.29) is 10.7 Å². The molecule has 3 nitrogen and oxygen atoms in total. The molecule has 0 saturated carbocycles. The fourth-order valence-corrected chi connectivity index (χ4v) is 1.94. The third kappa shape index (κ3) is 4.44. The molecule has 1 aromatic rings. The quantitative estimate of drug-likeness (QED) is 0.684. The Kier molecular flexibility index (Phi) is 5.76. The van der Waals surface area contributed by atoms with Crippen molar-refractivity contribution >= 4 is 34.4 Å². The Hall–Kier alpha value is -1.44. The normalized spacial score (nSPS) is 9.44. The first-order valence-electron chi connectivity index (χ1n) is 5.16. The van der Waals surface area contributed by atoms with E-state index in [1.807, 2.05) is 0 Å². The maximum absolute atomic E-state index is 11.0. The van der Waals surface area contributed by atoms with E-state index in [0.717, 1.165) is 0 Å². The summed E-state index contributed by atoms with van der Waals surface area (Å²) in [5, 5.41) is 9.35. The molecule has 0 aliphatic carbocycles. The van der Waals surface area contributed by atoms with Crippen molar-refractivity contribution in [1.29, 1.82) is 0 Å². The molecule has 0 spiro atoms. The van der Waals surface area contributed by atoms with Gasteiger partial charge in [0.1, 0.15) is 0 Å². The van der Waals surface area contributed by atoms with Gasteiger partial charge in [-0.3, -0.25) is 4.79 Å². The summed E-state index contributed by atoms with van der Waals surface area (Å²) in [6, 6.07) is 4.63. The van der Waals surface area contributed by atoms with Gasteiger partial charge in [0.15, 0.2) is 5.12 Å². The molecule has 94 valence electrons. The number of halogens is 1. The van der Waals surface area contributed by atoms with E-state index in [1.165, 1.54) is 24.8 Å². The van der Waals surface area contributed by atoms with E-state index in [4.69, 9.17) is 16.7 Å². The zero-order valence-corrected chi connectivity index (χ0v) is 11.3. The second-order valence-electron chi connectivity index (χ2n) is 3.36. The van der Waals surface area contributed by atoms with Crippen molar-refractivity contribution in [2.75, 3.05) is 5.75 Å². The van der Waals surface area contributed by atoms with Crippen molar-refractivity contribution in [3.8, 4) is 11.8 Å². The lowest BCUT2D eigenvalue weighted by atomic mass is 10.1. The van der Waals surface area contributed by atoms with Gasteiger partial charge in [-0.25, -0.2) is 4.79 Å². The fourth-order valence-electron chi connectivity index (χ4n) is 1.23. The number of hydrogen-bond acceptors (Lipinski definition) is 3. The molecule has 0 saturated heterocycles. The van der Waals surface area contributed by atoms with Gasteiger partial charge in [0, 0.05) is 19.1 Å². The summed E-state index contributed by atoms with van der Waals surface area (Å²) in [7, 11) is 0. The van der Waals surface area contributed by atoms with Crippen LogP contribution in [0.3, 0.4) is 0 Å². The van der Waals surface area contributed by atoms with Crippen LogP contribution < -0.4 is 0 Å². The number of carboxylic acids is 1.